The highest BCUT2D eigenvalue weighted by Crippen LogP contribution is 2.25. The molecule has 7 nitrogen and oxygen atoms in total. The van der Waals surface area contributed by atoms with Crippen molar-refractivity contribution in [1.82, 2.24) is 20.0 Å². The van der Waals surface area contributed by atoms with Crippen LogP contribution in [0.5, 0.6) is 0 Å². The van der Waals surface area contributed by atoms with Crippen molar-refractivity contribution < 1.29 is 22.8 Å². The standard InChI is InChI=1S/C21H28F3N5O2/c1-15(21(22,23)24)27-11-13-28(14-12-27)20(25-2)26-9-5-6-10-29-18(30)16-7-3-4-8-17(16)19(29)31/h3-4,7-8,15H,5-6,9-14H2,1-2H3,(H,25,26). The molecule has 1 saturated heterocycles. The summed E-state index contributed by atoms with van der Waals surface area (Å²) in [6.07, 6.45) is -2.86. The van der Waals surface area contributed by atoms with Crippen LogP contribution in [0, 0.1) is 0 Å². The summed E-state index contributed by atoms with van der Waals surface area (Å²) in [4.78, 5) is 33.6. The van der Waals surface area contributed by atoms with E-state index < -0.39 is 12.2 Å². The van der Waals surface area contributed by atoms with Gasteiger partial charge in [0.15, 0.2) is 5.96 Å². The number of unbranched alkanes of at least 4 members (excludes halogenated alkanes) is 1. The summed E-state index contributed by atoms with van der Waals surface area (Å²) < 4.78 is 38.7. The normalized spacial score (nSPS) is 19.1. The first-order valence-electron chi connectivity index (χ1n) is 10.5. The number of piperazine rings is 1. The van der Waals surface area contributed by atoms with E-state index >= 15 is 0 Å². The lowest BCUT2D eigenvalue weighted by atomic mass is 10.1. The van der Waals surface area contributed by atoms with Gasteiger partial charge in [0.05, 0.1) is 11.1 Å². The number of carbonyl (C=O) groups excluding carboxylic acids is 2. The first kappa shape index (κ1) is 23.1. The zero-order valence-corrected chi connectivity index (χ0v) is 17.8. The van der Waals surface area contributed by atoms with E-state index in [0.29, 0.717) is 62.8 Å². The third kappa shape index (κ3) is 5.17. The molecule has 0 bridgehead atoms. The topological polar surface area (TPSA) is 68.2 Å². The van der Waals surface area contributed by atoms with Gasteiger partial charge in [-0.3, -0.25) is 24.4 Å². The van der Waals surface area contributed by atoms with Crippen molar-refractivity contribution in [3.8, 4) is 0 Å². The SMILES string of the molecule is CN=C(NCCCCN1C(=O)c2ccccc2C1=O)N1CCN(C(C)C(F)(F)F)CC1. The van der Waals surface area contributed by atoms with E-state index in [9.17, 15) is 22.8 Å². The number of alkyl halides is 3. The van der Waals surface area contributed by atoms with Crippen LogP contribution in [-0.2, 0) is 0 Å². The van der Waals surface area contributed by atoms with Crippen LogP contribution in [0.3, 0.4) is 0 Å². The molecule has 2 heterocycles. The summed E-state index contributed by atoms with van der Waals surface area (Å²) in [5.41, 5.74) is 0.898. The Kier molecular flexibility index (Phi) is 7.19. The zero-order chi connectivity index (χ0) is 22.6. The minimum atomic E-state index is -4.22. The number of carbonyl (C=O) groups is 2. The first-order chi connectivity index (χ1) is 14.7. The van der Waals surface area contributed by atoms with Gasteiger partial charge in [-0.05, 0) is 31.9 Å². The molecule has 0 radical (unpaired) electrons. The van der Waals surface area contributed by atoms with E-state index in [-0.39, 0.29) is 11.8 Å². The Balaban J connectivity index is 1.39. The number of aliphatic imine (C=N–C) groups is 1. The van der Waals surface area contributed by atoms with E-state index in [4.69, 9.17) is 0 Å². The van der Waals surface area contributed by atoms with Crippen molar-refractivity contribution >= 4 is 17.8 Å². The van der Waals surface area contributed by atoms with E-state index in [1.165, 1.54) is 16.7 Å². The van der Waals surface area contributed by atoms with Crippen LogP contribution in [-0.4, -0.2) is 91.0 Å². The second-order valence-electron chi connectivity index (χ2n) is 7.73. The summed E-state index contributed by atoms with van der Waals surface area (Å²) >= 11 is 0. The minimum absolute atomic E-state index is 0.254. The molecule has 1 unspecified atom stereocenters. The highest BCUT2D eigenvalue weighted by atomic mass is 19.4. The number of hydrogen-bond donors (Lipinski definition) is 1. The molecule has 3 rings (SSSR count). The number of guanidine groups is 1. The average Bonchev–Trinajstić information content (AvgIpc) is 3.00. The van der Waals surface area contributed by atoms with Crippen molar-refractivity contribution in [1.29, 1.82) is 0 Å². The van der Waals surface area contributed by atoms with Crippen LogP contribution >= 0.6 is 0 Å². The molecular weight excluding hydrogens is 411 g/mol. The van der Waals surface area contributed by atoms with Crippen molar-refractivity contribution in [2.24, 2.45) is 4.99 Å². The van der Waals surface area contributed by atoms with Crippen molar-refractivity contribution in [3.05, 3.63) is 35.4 Å². The molecule has 1 N–H and O–H groups in total. The van der Waals surface area contributed by atoms with Gasteiger partial charge in [0.2, 0.25) is 0 Å². The van der Waals surface area contributed by atoms with Crippen molar-refractivity contribution in [2.45, 2.75) is 32.0 Å². The lowest BCUT2D eigenvalue weighted by molar-refractivity contribution is -0.181. The van der Waals surface area contributed by atoms with Crippen molar-refractivity contribution in [3.63, 3.8) is 0 Å². The van der Waals surface area contributed by atoms with Gasteiger partial charge in [-0.25, -0.2) is 0 Å². The van der Waals surface area contributed by atoms with Gasteiger partial charge in [0.25, 0.3) is 11.8 Å². The molecule has 1 aromatic carbocycles. The molecule has 10 heteroatoms. The molecule has 170 valence electrons. The van der Waals surface area contributed by atoms with Gasteiger partial charge in [-0.15, -0.1) is 0 Å². The maximum absolute atomic E-state index is 12.9. The number of fused-ring (bicyclic) bond motifs is 1. The Morgan fingerprint density at radius 2 is 1.65 bits per heavy atom. The molecule has 0 aromatic heterocycles. The summed E-state index contributed by atoms with van der Waals surface area (Å²) in [7, 11) is 1.64. The molecular formula is C21H28F3N5O2. The fourth-order valence-electron chi connectivity index (χ4n) is 3.90. The van der Waals surface area contributed by atoms with E-state index in [1.807, 2.05) is 4.90 Å². The summed E-state index contributed by atoms with van der Waals surface area (Å²) in [5, 5.41) is 3.23. The first-order valence-corrected chi connectivity index (χ1v) is 10.5. The van der Waals surface area contributed by atoms with Crippen molar-refractivity contribution in [2.75, 3.05) is 46.3 Å². The maximum atomic E-state index is 12.9. The van der Waals surface area contributed by atoms with Gasteiger partial charge in [0, 0.05) is 46.3 Å². The number of amides is 2. The van der Waals surface area contributed by atoms with Crippen LogP contribution in [0.4, 0.5) is 13.2 Å². The van der Waals surface area contributed by atoms with Crippen LogP contribution < -0.4 is 5.32 Å². The Morgan fingerprint density at radius 3 is 2.16 bits per heavy atom. The van der Waals surface area contributed by atoms with Crippen LogP contribution in [0.2, 0.25) is 0 Å². The Morgan fingerprint density at radius 1 is 1.06 bits per heavy atom. The number of halogens is 3. The number of benzene rings is 1. The van der Waals surface area contributed by atoms with Crippen LogP contribution in [0.25, 0.3) is 0 Å². The molecule has 0 spiro atoms. The molecule has 1 aromatic rings. The molecule has 2 aliphatic heterocycles. The van der Waals surface area contributed by atoms with Gasteiger partial charge >= 0.3 is 6.18 Å². The summed E-state index contributed by atoms with van der Waals surface area (Å²) in [6.45, 7) is 3.71. The van der Waals surface area contributed by atoms with E-state index in [2.05, 4.69) is 10.3 Å². The quantitative estimate of drug-likeness (QED) is 0.319. The third-order valence-electron chi connectivity index (χ3n) is 5.82. The predicted molar refractivity (Wildman–Crippen MR) is 111 cm³/mol. The number of rotatable bonds is 6. The van der Waals surface area contributed by atoms with Gasteiger partial charge in [-0.1, -0.05) is 12.1 Å². The highest BCUT2D eigenvalue weighted by molar-refractivity contribution is 6.21. The minimum Gasteiger partial charge on any atom is -0.356 e. The smallest absolute Gasteiger partial charge is 0.356 e. The third-order valence-corrected chi connectivity index (χ3v) is 5.82. The predicted octanol–water partition coefficient (Wildman–Crippen LogP) is 2.21. The Labute approximate surface area is 179 Å². The lowest BCUT2D eigenvalue weighted by Gasteiger charge is -2.39. The van der Waals surface area contributed by atoms with E-state index in [1.54, 1.807) is 31.3 Å². The maximum Gasteiger partial charge on any atom is 0.403 e. The van der Waals surface area contributed by atoms with E-state index in [0.717, 1.165) is 6.42 Å². The Hall–Kier alpha value is -2.62. The van der Waals surface area contributed by atoms with Gasteiger partial charge < -0.3 is 10.2 Å². The number of nitrogens with one attached hydrogen (secondary N) is 1. The molecule has 1 atom stereocenters. The molecule has 0 saturated carbocycles. The molecule has 1 fully saturated rings. The molecule has 2 amide bonds. The highest BCUT2D eigenvalue weighted by Gasteiger charge is 2.41. The molecule has 0 aliphatic carbocycles. The summed E-state index contributed by atoms with van der Waals surface area (Å²) in [5.74, 6) is 0.144. The van der Waals surface area contributed by atoms with Crippen LogP contribution in [0.1, 0.15) is 40.5 Å². The molecule has 31 heavy (non-hydrogen) atoms. The number of nitrogens with zero attached hydrogens (tertiary/aromatic N) is 4. The fraction of sp³-hybridized carbons (Fsp3) is 0.571. The van der Waals surface area contributed by atoms with Gasteiger partial charge in [-0.2, -0.15) is 13.2 Å². The number of hydrogen-bond acceptors (Lipinski definition) is 4. The summed E-state index contributed by atoms with van der Waals surface area (Å²) in [6, 6.07) is 5.36. The average molecular weight is 439 g/mol. The fourth-order valence-corrected chi connectivity index (χ4v) is 3.90. The Bertz CT molecular complexity index is 800. The second kappa shape index (κ2) is 9.67. The second-order valence-corrected chi connectivity index (χ2v) is 7.73. The monoisotopic (exact) mass is 439 g/mol. The lowest BCUT2D eigenvalue weighted by Crippen LogP contribution is -2.56. The van der Waals surface area contributed by atoms with Gasteiger partial charge in [0.1, 0.15) is 6.04 Å². The zero-order valence-electron chi connectivity index (χ0n) is 17.8. The number of imide groups is 1. The largest absolute Gasteiger partial charge is 0.403 e. The van der Waals surface area contributed by atoms with Crippen LogP contribution in [0.15, 0.2) is 29.3 Å². The molecule has 2 aliphatic rings.